The fourth-order valence-electron chi connectivity index (χ4n) is 1.39. The number of rotatable bonds is 3. The van der Waals surface area contributed by atoms with Gasteiger partial charge in [0.05, 0.1) is 6.10 Å². The zero-order valence-electron chi connectivity index (χ0n) is 7.92. The molecule has 13 heavy (non-hydrogen) atoms. The molecule has 1 aromatic rings. The first-order valence-electron chi connectivity index (χ1n) is 4.75. The lowest BCUT2D eigenvalue weighted by Crippen LogP contribution is -2.00. The zero-order valence-corrected chi connectivity index (χ0v) is 7.92. The molecule has 0 atom stereocenters. The van der Waals surface area contributed by atoms with Crippen LogP contribution in [0.1, 0.15) is 24.0 Å². The Balaban J connectivity index is 2.17. The molecule has 0 amide bonds. The van der Waals surface area contributed by atoms with Crippen molar-refractivity contribution < 1.29 is 4.74 Å². The maximum Gasteiger partial charge on any atom is 0.120 e. The van der Waals surface area contributed by atoms with E-state index in [1.165, 1.54) is 18.4 Å². The minimum absolute atomic E-state index is 0.465. The maximum atomic E-state index is 5.69. The molecule has 0 bridgehead atoms. The van der Waals surface area contributed by atoms with Crippen LogP contribution in [0, 0.1) is 6.92 Å². The van der Waals surface area contributed by atoms with Crippen molar-refractivity contribution in [3.05, 3.63) is 29.3 Å². The molecule has 0 spiro atoms. The van der Waals surface area contributed by atoms with Gasteiger partial charge in [-0.15, -0.1) is 0 Å². The van der Waals surface area contributed by atoms with E-state index in [2.05, 4.69) is 19.1 Å². The van der Waals surface area contributed by atoms with E-state index in [1.807, 2.05) is 6.07 Å². The summed E-state index contributed by atoms with van der Waals surface area (Å²) in [6.07, 6.45) is 2.87. The number of ether oxygens (including phenoxy) is 1. The topological polar surface area (TPSA) is 35.2 Å². The van der Waals surface area contributed by atoms with E-state index < -0.39 is 0 Å². The minimum Gasteiger partial charge on any atom is -0.490 e. The summed E-state index contributed by atoms with van der Waals surface area (Å²) in [4.78, 5) is 0. The molecule has 2 heteroatoms. The fraction of sp³-hybridized carbons (Fsp3) is 0.455. The van der Waals surface area contributed by atoms with Crippen molar-refractivity contribution in [2.24, 2.45) is 5.73 Å². The Morgan fingerprint density at radius 2 is 2.15 bits per heavy atom. The number of aryl methyl sites for hydroxylation is 1. The molecule has 70 valence electrons. The van der Waals surface area contributed by atoms with Crippen LogP contribution in [0.5, 0.6) is 5.75 Å². The smallest absolute Gasteiger partial charge is 0.120 e. The second-order valence-electron chi connectivity index (χ2n) is 3.68. The highest BCUT2D eigenvalue weighted by atomic mass is 16.5. The first-order valence-corrected chi connectivity index (χ1v) is 4.75. The van der Waals surface area contributed by atoms with E-state index in [9.17, 15) is 0 Å². The summed E-state index contributed by atoms with van der Waals surface area (Å²) in [5, 5.41) is 0. The van der Waals surface area contributed by atoms with Crippen LogP contribution >= 0.6 is 0 Å². The molecule has 0 unspecified atom stereocenters. The molecule has 1 aliphatic rings. The number of hydrogen-bond donors (Lipinski definition) is 1. The fourth-order valence-corrected chi connectivity index (χ4v) is 1.39. The molecule has 2 N–H and O–H groups in total. The molecule has 1 aliphatic carbocycles. The number of benzene rings is 1. The number of nitrogens with two attached hydrogens (primary N) is 1. The molecule has 0 heterocycles. The average molecular weight is 177 g/mol. The van der Waals surface area contributed by atoms with Crippen LogP contribution in [-0.2, 0) is 6.54 Å². The van der Waals surface area contributed by atoms with Gasteiger partial charge in [-0.1, -0.05) is 6.07 Å². The van der Waals surface area contributed by atoms with E-state index in [-0.39, 0.29) is 0 Å². The molecule has 0 aliphatic heterocycles. The van der Waals surface area contributed by atoms with E-state index in [1.54, 1.807) is 0 Å². The van der Waals surface area contributed by atoms with Crippen LogP contribution < -0.4 is 10.5 Å². The van der Waals surface area contributed by atoms with Crippen LogP contribution in [0.2, 0.25) is 0 Å². The molecule has 0 saturated heterocycles. The van der Waals surface area contributed by atoms with E-state index in [0.717, 1.165) is 11.3 Å². The lowest BCUT2D eigenvalue weighted by Gasteiger charge is -2.07. The Bertz CT molecular complexity index is 305. The summed E-state index contributed by atoms with van der Waals surface area (Å²) < 4.78 is 5.69. The lowest BCUT2D eigenvalue weighted by atomic mass is 10.1. The molecular formula is C11H15NO. The molecule has 0 radical (unpaired) electrons. The summed E-state index contributed by atoms with van der Waals surface area (Å²) in [5.41, 5.74) is 7.95. The van der Waals surface area contributed by atoms with Crippen LogP contribution in [0.4, 0.5) is 0 Å². The zero-order chi connectivity index (χ0) is 9.26. The molecule has 1 saturated carbocycles. The first-order chi connectivity index (χ1) is 6.28. The van der Waals surface area contributed by atoms with Gasteiger partial charge in [-0.2, -0.15) is 0 Å². The second kappa shape index (κ2) is 3.38. The van der Waals surface area contributed by atoms with Gasteiger partial charge >= 0.3 is 0 Å². The third kappa shape index (κ3) is 2.22. The van der Waals surface area contributed by atoms with Crippen molar-refractivity contribution in [3.63, 3.8) is 0 Å². The van der Waals surface area contributed by atoms with E-state index in [4.69, 9.17) is 10.5 Å². The first kappa shape index (κ1) is 8.57. The van der Waals surface area contributed by atoms with Gasteiger partial charge in [0.2, 0.25) is 0 Å². The third-order valence-electron chi connectivity index (χ3n) is 2.17. The molecule has 1 aromatic carbocycles. The van der Waals surface area contributed by atoms with Crippen molar-refractivity contribution in [1.29, 1.82) is 0 Å². The van der Waals surface area contributed by atoms with Crippen molar-refractivity contribution in [2.45, 2.75) is 32.4 Å². The molecule has 0 aromatic heterocycles. The highest BCUT2D eigenvalue weighted by molar-refractivity contribution is 5.34. The Hall–Kier alpha value is -1.02. The standard InChI is InChI=1S/C11H15NO/c1-8-4-9(7-12)6-11(5-8)13-10-2-3-10/h4-6,10H,2-3,7,12H2,1H3. The molecular weight excluding hydrogens is 162 g/mol. The van der Waals surface area contributed by atoms with Gasteiger partial charge in [-0.3, -0.25) is 0 Å². The highest BCUT2D eigenvalue weighted by Gasteiger charge is 2.23. The summed E-state index contributed by atoms with van der Waals surface area (Å²) in [6.45, 7) is 2.65. The second-order valence-corrected chi connectivity index (χ2v) is 3.68. The van der Waals surface area contributed by atoms with Gasteiger partial charge in [0.1, 0.15) is 5.75 Å². The normalized spacial score (nSPS) is 15.8. The minimum atomic E-state index is 0.465. The predicted octanol–water partition coefficient (Wildman–Crippen LogP) is 1.99. The summed E-state index contributed by atoms with van der Waals surface area (Å²) in [5.74, 6) is 0.975. The summed E-state index contributed by atoms with van der Waals surface area (Å²) >= 11 is 0. The van der Waals surface area contributed by atoms with Crippen LogP contribution in [0.15, 0.2) is 18.2 Å². The Labute approximate surface area is 78.7 Å². The van der Waals surface area contributed by atoms with Gasteiger partial charge in [0.15, 0.2) is 0 Å². The highest BCUT2D eigenvalue weighted by Crippen LogP contribution is 2.27. The van der Waals surface area contributed by atoms with Crippen LogP contribution in [0.25, 0.3) is 0 Å². The Kier molecular flexibility index (Phi) is 2.23. The van der Waals surface area contributed by atoms with Gasteiger partial charge in [0, 0.05) is 6.54 Å². The van der Waals surface area contributed by atoms with Crippen molar-refractivity contribution >= 4 is 0 Å². The lowest BCUT2D eigenvalue weighted by molar-refractivity contribution is 0.302. The molecule has 2 rings (SSSR count). The van der Waals surface area contributed by atoms with Gasteiger partial charge < -0.3 is 10.5 Å². The molecule has 1 fully saturated rings. The van der Waals surface area contributed by atoms with Crippen LogP contribution in [0.3, 0.4) is 0 Å². The summed E-state index contributed by atoms with van der Waals surface area (Å²) in [7, 11) is 0. The largest absolute Gasteiger partial charge is 0.490 e. The van der Waals surface area contributed by atoms with Crippen molar-refractivity contribution in [2.75, 3.05) is 0 Å². The Morgan fingerprint density at radius 1 is 1.38 bits per heavy atom. The SMILES string of the molecule is Cc1cc(CN)cc(OC2CC2)c1. The van der Waals surface area contributed by atoms with Crippen molar-refractivity contribution in [3.8, 4) is 5.75 Å². The third-order valence-corrected chi connectivity index (χ3v) is 2.17. The predicted molar refractivity (Wildman–Crippen MR) is 52.7 cm³/mol. The quantitative estimate of drug-likeness (QED) is 0.766. The maximum absolute atomic E-state index is 5.69. The average Bonchev–Trinajstić information content (AvgIpc) is 2.87. The van der Waals surface area contributed by atoms with Gasteiger partial charge in [-0.25, -0.2) is 0 Å². The monoisotopic (exact) mass is 177 g/mol. The van der Waals surface area contributed by atoms with Crippen molar-refractivity contribution in [1.82, 2.24) is 0 Å². The van der Waals surface area contributed by atoms with E-state index in [0.29, 0.717) is 12.6 Å². The molecule has 2 nitrogen and oxygen atoms in total. The van der Waals surface area contributed by atoms with E-state index >= 15 is 0 Å². The Morgan fingerprint density at radius 3 is 2.77 bits per heavy atom. The number of hydrogen-bond acceptors (Lipinski definition) is 2. The van der Waals surface area contributed by atoms with Crippen LogP contribution in [-0.4, -0.2) is 6.10 Å². The van der Waals surface area contributed by atoms with Gasteiger partial charge in [-0.05, 0) is 43.0 Å². The summed E-state index contributed by atoms with van der Waals surface area (Å²) in [6, 6.07) is 6.20. The van der Waals surface area contributed by atoms with Gasteiger partial charge in [0.25, 0.3) is 0 Å².